The minimum absolute atomic E-state index is 0.0134. The lowest BCUT2D eigenvalue weighted by Crippen LogP contribution is -2.16. The van der Waals surface area contributed by atoms with Crippen LogP contribution in [0, 0.1) is 0 Å². The topological polar surface area (TPSA) is 68.3 Å². The Bertz CT molecular complexity index is 903. The van der Waals surface area contributed by atoms with Crippen molar-refractivity contribution in [2.45, 2.75) is 15.0 Å². The fourth-order valence-electron chi connectivity index (χ4n) is 2.49. The van der Waals surface area contributed by atoms with Gasteiger partial charge in [-0.05, 0) is 24.3 Å². The largest absolute Gasteiger partial charge is 0.224 e. The van der Waals surface area contributed by atoms with Crippen LogP contribution in [0.4, 0.5) is 0 Å². The van der Waals surface area contributed by atoms with Crippen LogP contribution in [0.1, 0.15) is 10.8 Å². The first-order valence-corrected chi connectivity index (χ1v) is 9.72. The molecule has 21 heavy (non-hydrogen) atoms. The quantitative estimate of drug-likeness (QED) is 0.841. The standard InChI is InChI=1S/C14H11ClO4S2/c15-11-7-4-8-12-14(11)13(9-20(12,16)17)21(18,19)10-5-2-1-3-6-10/h1-8,13H,9H2. The SMILES string of the molecule is O=S1(=O)CC(S(=O)(=O)c2ccccc2)c2c(Cl)cccc21. The number of fused-ring (bicyclic) bond motifs is 1. The zero-order valence-corrected chi connectivity index (χ0v) is 13.1. The van der Waals surface area contributed by atoms with Gasteiger partial charge < -0.3 is 0 Å². The van der Waals surface area contributed by atoms with Gasteiger partial charge in [-0.15, -0.1) is 0 Å². The maximum Gasteiger partial charge on any atom is 0.186 e. The third-order valence-electron chi connectivity index (χ3n) is 3.49. The summed E-state index contributed by atoms with van der Waals surface area (Å²) in [5, 5.41) is -0.994. The van der Waals surface area contributed by atoms with E-state index in [-0.39, 0.29) is 20.4 Å². The molecule has 4 nitrogen and oxygen atoms in total. The molecule has 0 N–H and O–H groups in total. The molecule has 1 unspecified atom stereocenters. The predicted molar refractivity (Wildman–Crippen MR) is 79.9 cm³/mol. The Labute approximate surface area is 128 Å². The highest BCUT2D eigenvalue weighted by Crippen LogP contribution is 2.44. The zero-order valence-electron chi connectivity index (χ0n) is 10.7. The van der Waals surface area contributed by atoms with Crippen LogP contribution in [-0.2, 0) is 19.7 Å². The van der Waals surface area contributed by atoms with Crippen molar-refractivity contribution < 1.29 is 16.8 Å². The second kappa shape index (κ2) is 4.83. The van der Waals surface area contributed by atoms with Crippen LogP contribution in [0.15, 0.2) is 58.3 Å². The first-order valence-electron chi connectivity index (χ1n) is 6.14. The molecule has 0 amide bonds. The van der Waals surface area contributed by atoms with Crippen LogP contribution in [0.5, 0.6) is 0 Å². The third kappa shape index (κ3) is 2.27. The van der Waals surface area contributed by atoms with Gasteiger partial charge in [-0.3, -0.25) is 0 Å². The fraction of sp³-hybridized carbons (Fsp3) is 0.143. The molecule has 7 heteroatoms. The lowest BCUT2D eigenvalue weighted by Gasteiger charge is -2.13. The van der Waals surface area contributed by atoms with Crippen LogP contribution in [0.25, 0.3) is 0 Å². The molecule has 0 fully saturated rings. The van der Waals surface area contributed by atoms with Gasteiger partial charge >= 0.3 is 0 Å². The molecule has 0 saturated heterocycles. The fourth-order valence-corrected chi connectivity index (χ4v) is 7.30. The molecule has 3 rings (SSSR count). The number of hydrogen-bond donors (Lipinski definition) is 0. The monoisotopic (exact) mass is 342 g/mol. The molecule has 110 valence electrons. The minimum Gasteiger partial charge on any atom is -0.224 e. The van der Waals surface area contributed by atoms with Crippen molar-refractivity contribution in [2.75, 3.05) is 5.75 Å². The van der Waals surface area contributed by atoms with E-state index in [0.717, 1.165) is 0 Å². The number of halogens is 1. The Morgan fingerprint density at radius 3 is 2.33 bits per heavy atom. The molecular formula is C14H11ClO4S2. The number of sulfone groups is 2. The van der Waals surface area contributed by atoms with Crippen molar-refractivity contribution in [3.8, 4) is 0 Å². The van der Waals surface area contributed by atoms with Crippen molar-refractivity contribution in [2.24, 2.45) is 0 Å². The van der Waals surface area contributed by atoms with Crippen LogP contribution < -0.4 is 0 Å². The summed E-state index contributed by atoms with van der Waals surface area (Å²) in [5.41, 5.74) is 0.183. The van der Waals surface area contributed by atoms with E-state index >= 15 is 0 Å². The number of rotatable bonds is 2. The average Bonchev–Trinajstić information content (AvgIpc) is 2.74. The van der Waals surface area contributed by atoms with Crippen molar-refractivity contribution in [1.82, 2.24) is 0 Å². The summed E-state index contributed by atoms with van der Waals surface area (Å²) in [6, 6.07) is 12.2. The number of hydrogen-bond acceptors (Lipinski definition) is 4. The van der Waals surface area contributed by atoms with Gasteiger partial charge in [-0.25, -0.2) is 16.8 Å². The smallest absolute Gasteiger partial charge is 0.186 e. The van der Waals surface area contributed by atoms with E-state index in [2.05, 4.69) is 0 Å². The highest BCUT2D eigenvalue weighted by molar-refractivity contribution is 7.96. The van der Waals surface area contributed by atoms with E-state index in [1.54, 1.807) is 18.2 Å². The van der Waals surface area contributed by atoms with Crippen molar-refractivity contribution >= 4 is 31.3 Å². The highest BCUT2D eigenvalue weighted by Gasteiger charge is 2.44. The first kappa shape index (κ1) is 14.6. The van der Waals surface area contributed by atoms with E-state index in [1.807, 2.05) is 0 Å². The van der Waals surface area contributed by atoms with Crippen molar-refractivity contribution in [3.63, 3.8) is 0 Å². The van der Waals surface area contributed by atoms with Gasteiger partial charge in [-0.2, -0.15) is 0 Å². The molecule has 1 atom stereocenters. The van der Waals surface area contributed by atoms with Crippen molar-refractivity contribution in [1.29, 1.82) is 0 Å². The Morgan fingerprint density at radius 1 is 1.00 bits per heavy atom. The summed E-state index contributed by atoms with van der Waals surface area (Å²) in [4.78, 5) is 0.109. The van der Waals surface area contributed by atoms with Gasteiger partial charge in [0.15, 0.2) is 19.7 Å². The van der Waals surface area contributed by atoms with Crippen LogP contribution in [0.2, 0.25) is 5.02 Å². The van der Waals surface area contributed by atoms with Gasteiger partial charge in [0.25, 0.3) is 0 Å². The second-order valence-corrected chi connectivity index (χ2v) is 9.32. The average molecular weight is 343 g/mol. The lowest BCUT2D eigenvalue weighted by atomic mass is 10.2. The van der Waals surface area contributed by atoms with E-state index in [9.17, 15) is 16.8 Å². The molecule has 0 aromatic heterocycles. The summed E-state index contributed by atoms with van der Waals surface area (Å²) >= 11 is 6.06. The molecule has 1 heterocycles. The van der Waals surface area contributed by atoms with E-state index in [4.69, 9.17) is 11.6 Å². The molecule has 0 aliphatic carbocycles. The Kier molecular flexibility index (Phi) is 3.35. The zero-order chi connectivity index (χ0) is 15.3. The summed E-state index contributed by atoms with van der Waals surface area (Å²) in [5.74, 6) is -0.469. The molecule has 0 saturated carbocycles. The summed E-state index contributed by atoms with van der Waals surface area (Å²) in [6.07, 6.45) is 0. The molecular weight excluding hydrogens is 332 g/mol. The molecule has 2 aromatic carbocycles. The Balaban J connectivity index is 2.24. The first-order chi connectivity index (χ1) is 9.84. The van der Waals surface area contributed by atoms with Gasteiger partial charge in [0.1, 0.15) is 5.25 Å². The maximum atomic E-state index is 12.7. The van der Waals surface area contributed by atoms with E-state index in [1.165, 1.54) is 30.3 Å². The molecule has 0 spiro atoms. The highest BCUT2D eigenvalue weighted by atomic mass is 35.5. The van der Waals surface area contributed by atoms with Crippen LogP contribution >= 0.6 is 11.6 Å². The maximum absolute atomic E-state index is 12.7. The normalized spacial score (nSPS) is 20.1. The summed E-state index contributed by atoms with van der Waals surface area (Å²) in [6.45, 7) is 0. The minimum atomic E-state index is -3.81. The summed E-state index contributed by atoms with van der Waals surface area (Å²) in [7, 11) is -7.44. The Morgan fingerprint density at radius 2 is 1.67 bits per heavy atom. The lowest BCUT2D eigenvalue weighted by molar-refractivity contribution is 0.582. The van der Waals surface area contributed by atoms with Gasteiger partial charge in [0.05, 0.1) is 15.5 Å². The van der Waals surface area contributed by atoms with E-state index in [0.29, 0.717) is 0 Å². The molecule has 1 aliphatic heterocycles. The molecule has 1 aliphatic rings. The molecule has 0 bridgehead atoms. The second-order valence-electron chi connectivity index (χ2n) is 4.78. The van der Waals surface area contributed by atoms with Gasteiger partial charge in [0.2, 0.25) is 0 Å². The summed E-state index contributed by atoms with van der Waals surface area (Å²) < 4.78 is 49.8. The van der Waals surface area contributed by atoms with Gasteiger partial charge in [0, 0.05) is 10.6 Å². The van der Waals surface area contributed by atoms with Crippen molar-refractivity contribution in [3.05, 3.63) is 59.1 Å². The third-order valence-corrected chi connectivity index (χ3v) is 7.91. The van der Waals surface area contributed by atoms with Crippen LogP contribution in [-0.4, -0.2) is 22.6 Å². The predicted octanol–water partition coefficient (Wildman–Crippen LogP) is 2.64. The number of benzene rings is 2. The van der Waals surface area contributed by atoms with Crippen LogP contribution in [0.3, 0.4) is 0 Å². The molecule has 0 radical (unpaired) electrons. The molecule has 2 aromatic rings. The van der Waals surface area contributed by atoms with Gasteiger partial charge in [-0.1, -0.05) is 35.9 Å². The Hall–Kier alpha value is -1.37. The van der Waals surface area contributed by atoms with E-state index < -0.39 is 30.7 Å².